The van der Waals surface area contributed by atoms with E-state index in [2.05, 4.69) is 4.98 Å². The van der Waals surface area contributed by atoms with Crippen molar-refractivity contribution in [1.29, 1.82) is 0 Å². The number of hydrogen-bond donors (Lipinski definition) is 0. The second-order valence-corrected chi connectivity index (χ2v) is 7.15. The highest BCUT2D eigenvalue weighted by Gasteiger charge is 2.30. The minimum absolute atomic E-state index is 0.0309. The van der Waals surface area contributed by atoms with Gasteiger partial charge in [-0.25, -0.2) is 0 Å². The van der Waals surface area contributed by atoms with Crippen molar-refractivity contribution in [1.82, 2.24) is 9.88 Å². The summed E-state index contributed by atoms with van der Waals surface area (Å²) in [5.74, 6) is -0.0568. The zero-order valence-corrected chi connectivity index (χ0v) is 15.4. The third-order valence-corrected chi connectivity index (χ3v) is 5.35. The molecule has 1 amide bonds. The average molecular weight is 358 g/mol. The summed E-state index contributed by atoms with van der Waals surface area (Å²) in [5, 5.41) is 2.19. The summed E-state index contributed by atoms with van der Waals surface area (Å²) in [7, 11) is 0. The highest BCUT2D eigenvalue weighted by molar-refractivity contribution is 6.02. The number of pyridine rings is 1. The van der Waals surface area contributed by atoms with E-state index in [1.165, 1.54) is 0 Å². The molecule has 4 nitrogen and oxygen atoms in total. The predicted molar refractivity (Wildman–Crippen MR) is 106 cm³/mol. The van der Waals surface area contributed by atoms with Crippen LogP contribution in [-0.2, 0) is 0 Å². The number of piperidine rings is 1. The van der Waals surface area contributed by atoms with Gasteiger partial charge < -0.3 is 4.90 Å². The van der Waals surface area contributed by atoms with E-state index in [0.717, 1.165) is 34.9 Å². The number of ketones is 1. The number of carbonyl (C=O) groups excluding carboxylic acids is 2. The first-order valence-electron chi connectivity index (χ1n) is 9.37. The smallest absolute Gasteiger partial charge is 0.255 e. The molecule has 1 aliphatic heterocycles. The molecule has 3 aromatic rings. The van der Waals surface area contributed by atoms with Crippen molar-refractivity contribution in [2.75, 3.05) is 13.1 Å². The van der Waals surface area contributed by atoms with Crippen molar-refractivity contribution in [3.05, 3.63) is 77.6 Å². The Balaban J connectivity index is 1.54. The third kappa shape index (κ3) is 3.47. The van der Waals surface area contributed by atoms with Gasteiger partial charge in [0.15, 0.2) is 5.78 Å². The van der Waals surface area contributed by atoms with Crippen LogP contribution in [0.4, 0.5) is 0 Å². The quantitative estimate of drug-likeness (QED) is 0.657. The Hall–Kier alpha value is -3.01. The fourth-order valence-electron chi connectivity index (χ4n) is 3.83. The fourth-order valence-corrected chi connectivity index (χ4v) is 3.83. The van der Waals surface area contributed by atoms with Crippen LogP contribution in [0, 0.1) is 12.8 Å². The monoisotopic (exact) mass is 358 g/mol. The zero-order chi connectivity index (χ0) is 18.8. The maximum atomic E-state index is 13.1. The molecule has 1 saturated heterocycles. The number of amides is 1. The molecule has 1 fully saturated rings. The van der Waals surface area contributed by atoms with Gasteiger partial charge in [-0.2, -0.15) is 0 Å². The normalized spacial score (nSPS) is 17.1. The summed E-state index contributed by atoms with van der Waals surface area (Å²) < 4.78 is 0. The second-order valence-electron chi connectivity index (χ2n) is 7.15. The van der Waals surface area contributed by atoms with Gasteiger partial charge in [0.25, 0.3) is 5.91 Å². The Morgan fingerprint density at radius 2 is 1.85 bits per heavy atom. The molecule has 1 aliphatic rings. The lowest BCUT2D eigenvalue weighted by Gasteiger charge is -2.32. The molecule has 1 aromatic heterocycles. The van der Waals surface area contributed by atoms with Crippen molar-refractivity contribution in [3.8, 4) is 0 Å². The van der Waals surface area contributed by atoms with E-state index in [0.29, 0.717) is 18.7 Å². The fraction of sp³-hybridized carbons (Fsp3) is 0.261. The molecular weight excluding hydrogens is 336 g/mol. The van der Waals surface area contributed by atoms with E-state index in [-0.39, 0.29) is 17.6 Å². The Morgan fingerprint density at radius 3 is 2.67 bits per heavy atom. The average Bonchev–Trinajstić information content (AvgIpc) is 2.73. The number of aromatic nitrogens is 1. The number of carbonyl (C=O) groups is 2. The predicted octanol–water partition coefficient (Wildman–Crippen LogP) is 4.28. The molecule has 2 aromatic carbocycles. The Labute approximate surface area is 158 Å². The van der Waals surface area contributed by atoms with Gasteiger partial charge >= 0.3 is 0 Å². The molecule has 4 heteroatoms. The van der Waals surface area contributed by atoms with Crippen LogP contribution in [0.2, 0.25) is 0 Å². The number of aryl methyl sites for hydroxylation is 1. The molecule has 0 radical (unpaired) electrons. The second kappa shape index (κ2) is 7.31. The van der Waals surface area contributed by atoms with Gasteiger partial charge in [-0.15, -0.1) is 0 Å². The lowest BCUT2D eigenvalue weighted by atomic mass is 9.89. The first-order chi connectivity index (χ1) is 13.1. The largest absolute Gasteiger partial charge is 0.338 e. The molecule has 0 saturated carbocycles. The number of Topliss-reactive ketones (excluding diaryl/α,β-unsaturated/α-hetero) is 1. The Morgan fingerprint density at radius 1 is 1.04 bits per heavy atom. The molecule has 27 heavy (non-hydrogen) atoms. The first-order valence-corrected chi connectivity index (χ1v) is 9.37. The van der Waals surface area contributed by atoms with E-state index in [9.17, 15) is 9.59 Å². The van der Waals surface area contributed by atoms with Crippen LogP contribution in [0.1, 0.15) is 39.3 Å². The number of nitrogens with zero attached hydrogens (tertiary/aromatic N) is 2. The van der Waals surface area contributed by atoms with Gasteiger partial charge in [-0.1, -0.05) is 36.4 Å². The number of benzene rings is 2. The van der Waals surface area contributed by atoms with Gasteiger partial charge in [0, 0.05) is 36.5 Å². The Bertz CT molecular complexity index is 1010. The van der Waals surface area contributed by atoms with Crippen LogP contribution in [0.5, 0.6) is 0 Å². The van der Waals surface area contributed by atoms with Crippen LogP contribution in [-0.4, -0.2) is 34.7 Å². The zero-order valence-electron chi connectivity index (χ0n) is 15.4. The van der Waals surface area contributed by atoms with E-state index in [1.54, 1.807) is 23.2 Å². The molecular formula is C23H22N2O2. The number of likely N-dealkylation sites (tertiary alicyclic amines) is 1. The number of hydrogen-bond acceptors (Lipinski definition) is 3. The number of fused-ring (bicyclic) bond motifs is 1. The molecule has 0 spiro atoms. The topological polar surface area (TPSA) is 50.3 Å². The summed E-state index contributed by atoms with van der Waals surface area (Å²) >= 11 is 0. The Kier molecular flexibility index (Phi) is 4.71. The third-order valence-electron chi connectivity index (χ3n) is 5.35. The van der Waals surface area contributed by atoms with Crippen LogP contribution in [0.15, 0.2) is 60.8 Å². The molecule has 1 atom stereocenters. The van der Waals surface area contributed by atoms with Crippen molar-refractivity contribution in [2.24, 2.45) is 5.92 Å². The summed E-state index contributed by atoms with van der Waals surface area (Å²) in [6, 6.07) is 17.5. The van der Waals surface area contributed by atoms with E-state index < -0.39 is 0 Å². The van der Waals surface area contributed by atoms with E-state index in [4.69, 9.17) is 0 Å². The van der Waals surface area contributed by atoms with E-state index >= 15 is 0 Å². The first kappa shape index (κ1) is 17.4. The van der Waals surface area contributed by atoms with Gasteiger partial charge in [0.05, 0.1) is 5.56 Å². The van der Waals surface area contributed by atoms with Crippen LogP contribution in [0.25, 0.3) is 10.8 Å². The molecule has 0 N–H and O–H groups in total. The van der Waals surface area contributed by atoms with Gasteiger partial charge in [0.1, 0.15) is 0 Å². The van der Waals surface area contributed by atoms with Gasteiger partial charge in [-0.05, 0) is 48.7 Å². The summed E-state index contributed by atoms with van der Waals surface area (Å²) in [6.07, 6.45) is 3.35. The highest BCUT2D eigenvalue weighted by atomic mass is 16.2. The summed E-state index contributed by atoms with van der Waals surface area (Å²) in [6.45, 7) is 3.00. The molecule has 2 heterocycles. The van der Waals surface area contributed by atoms with Gasteiger partial charge in [-0.3, -0.25) is 14.6 Å². The van der Waals surface area contributed by atoms with Crippen molar-refractivity contribution in [3.63, 3.8) is 0 Å². The minimum atomic E-state index is -0.152. The maximum Gasteiger partial charge on any atom is 0.255 e. The molecule has 0 bridgehead atoms. The standard InChI is InChI=1S/C23H22N2O2/c1-16-21(9-4-12-24-16)23(27)25-13-5-8-20(15-25)22(26)19-11-10-17-6-2-3-7-18(17)14-19/h2-4,6-7,9-12,14,20H,5,8,13,15H2,1H3. The number of rotatable bonds is 3. The lowest BCUT2D eigenvalue weighted by Crippen LogP contribution is -2.42. The molecule has 4 rings (SSSR count). The van der Waals surface area contributed by atoms with Gasteiger partial charge in [0.2, 0.25) is 0 Å². The van der Waals surface area contributed by atoms with Crippen LogP contribution < -0.4 is 0 Å². The molecule has 1 unspecified atom stereocenters. The van der Waals surface area contributed by atoms with Crippen molar-refractivity contribution < 1.29 is 9.59 Å². The van der Waals surface area contributed by atoms with Crippen molar-refractivity contribution >= 4 is 22.5 Å². The SMILES string of the molecule is Cc1ncccc1C(=O)N1CCCC(C(=O)c2ccc3ccccc3c2)C1. The summed E-state index contributed by atoms with van der Waals surface area (Å²) in [4.78, 5) is 32.0. The van der Waals surface area contributed by atoms with Crippen LogP contribution in [0.3, 0.4) is 0 Å². The summed E-state index contributed by atoms with van der Waals surface area (Å²) in [5.41, 5.74) is 2.08. The molecule has 0 aliphatic carbocycles. The maximum absolute atomic E-state index is 13.1. The molecule has 136 valence electrons. The highest BCUT2D eigenvalue weighted by Crippen LogP contribution is 2.24. The minimum Gasteiger partial charge on any atom is -0.338 e. The van der Waals surface area contributed by atoms with Crippen LogP contribution >= 0.6 is 0 Å². The van der Waals surface area contributed by atoms with Crippen molar-refractivity contribution in [2.45, 2.75) is 19.8 Å². The van der Waals surface area contributed by atoms with E-state index in [1.807, 2.05) is 49.4 Å². The lowest BCUT2D eigenvalue weighted by molar-refractivity contribution is 0.0636.